The summed E-state index contributed by atoms with van der Waals surface area (Å²) in [5, 5.41) is 11.9. The number of hydrogen-bond donors (Lipinski definition) is 2. The lowest BCUT2D eigenvalue weighted by molar-refractivity contribution is -0.116. The van der Waals surface area contributed by atoms with Crippen LogP contribution in [0.3, 0.4) is 0 Å². The highest BCUT2D eigenvalue weighted by atomic mass is 19.1. The maximum absolute atomic E-state index is 13.0. The van der Waals surface area contributed by atoms with E-state index in [0.717, 1.165) is 5.56 Å². The van der Waals surface area contributed by atoms with Crippen LogP contribution >= 0.6 is 0 Å². The number of nitrogens with one attached hydrogen (secondary N) is 1. The van der Waals surface area contributed by atoms with E-state index >= 15 is 0 Å². The van der Waals surface area contributed by atoms with E-state index in [2.05, 4.69) is 5.32 Å². The lowest BCUT2D eigenvalue weighted by atomic mass is 9.97. The molecule has 0 spiro atoms. The fourth-order valence-electron chi connectivity index (χ4n) is 2.57. The second-order valence-electron chi connectivity index (χ2n) is 5.77. The van der Waals surface area contributed by atoms with Gasteiger partial charge in [0.05, 0.1) is 25.5 Å². The summed E-state index contributed by atoms with van der Waals surface area (Å²) in [7, 11) is 2.78. The van der Waals surface area contributed by atoms with E-state index in [1.54, 1.807) is 12.1 Å². The van der Waals surface area contributed by atoms with Crippen molar-refractivity contribution in [3.63, 3.8) is 0 Å². The van der Waals surface area contributed by atoms with Gasteiger partial charge in [0.1, 0.15) is 5.82 Å². The van der Waals surface area contributed by atoms with Gasteiger partial charge in [-0.1, -0.05) is 19.1 Å². The number of anilines is 1. The highest BCUT2D eigenvalue weighted by Gasteiger charge is 2.19. The Labute approximate surface area is 150 Å². The van der Waals surface area contributed by atoms with Gasteiger partial charge in [-0.15, -0.1) is 0 Å². The maximum Gasteiger partial charge on any atom is 0.335 e. The standard InChI is InChI=1S/C19H20FNO5/c1-11(12-4-6-14(20)7-5-12)8-17(22)21-15-9-13(19(23)24)10-16(25-2)18(15)26-3/h4-7,9-11H,8H2,1-3H3,(H,21,22)(H,23,24). The van der Waals surface area contributed by atoms with Crippen molar-refractivity contribution in [2.45, 2.75) is 19.3 Å². The number of amides is 1. The van der Waals surface area contributed by atoms with Crippen LogP contribution in [0.5, 0.6) is 11.5 Å². The normalized spacial score (nSPS) is 11.5. The predicted molar refractivity (Wildman–Crippen MR) is 94.6 cm³/mol. The number of hydrogen-bond acceptors (Lipinski definition) is 4. The fraction of sp³-hybridized carbons (Fsp3) is 0.263. The van der Waals surface area contributed by atoms with Crippen molar-refractivity contribution in [3.8, 4) is 11.5 Å². The number of carboxylic acid groups (broad SMARTS) is 1. The smallest absolute Gasteiger partial charge is 0.335 e. The third-order valence-electron chi connectivity index (χ3n) is 3.93. The van der Waals surface area contributed by atoms with Crippen LogP contribution in [0.25, 0.3) is 0 Å². The van der Waals surface area contributed by atoms with Crippen LogP contribution in [0.1, 0.15) is 35.2 Å². The number of halogens is 1. The number of methoxy groups -OCH3 is 2. The van der Waals surface area contributed by atoms with Crippen molar-refractivity contribution in [1.29, 1.82) is 0 Å². The highest BCUT2D eigenvalue weighted by molar-refractivity contribution is 5.97. The van der Waals surface area contributed by atoms with Gasteiger partial charge in [0.25, 0.3) is 0 Å². The summed E-state index contributed by atoms with van der Waals surface area (Å²) < 4.78 is 23.4. The topological polar surface area (TPSA) is 84.9 Å². The number of carboxylic acids is 1. The minimum Gasteiger partial charge on any atom is -0.493 e. The molecule has 6 nitrogen and oxygen atoms in total. The maximum atomic E-state index is 13.0. The summed E-state index contributed by atoms with van der Waals surface area (Å²) in [5.41, 5.74) is 0.996. The van der Waals surface area contributed by atoms with Crippen molar-refractivity contribution in [2.75, 3.05) is 19.5 Å². The van der Waals surface area contributed by atoms with Crippen molar-refractivity contribution < 1.29 is 28.6 Å². The summed E-state index contributed by atoms with van der Waals surface area (Å²) in [5.74, 6) is -1.53. The molecular formula is C19H20FNO5. The molecule has 1 unspecified atom stereocenters. The Balaban J connectivity index is 2.20. The Morgan fingerprint density at radius 1 is 1.15 bits per heavy atom. The second-order valence-corrected chi connectivity index (χ2v) is 5.77. The first-order valence-corrected chi connectivity index (χ1v) is 7.90. The van der Waals surface area contributed by atoms with Gasteiger partial charge in [-0.05, 0) is 35.7 Å². The van der Waals surface area contributed by atoms with Gasteiger partial charge in [-0.2, -0.15) is 0 Å². The highest BCUT2D eigenvalue weighted by Crippen LogP contribution is 2.37. The van der Waals surface area contributed by atoms with E-state index < -0.39 is 5.97 Å². The number of ether oxygens (including phenoxy) is 2. The van der Waals surface area contributed by atoms with Gasteiger partial charge in [-0.3, -0.25) is 4.79 Å². The number of rotatable bonds is 7. The molecule has 0 heterocycles. The van der Waals surface area contributed by atoms with Crippen molar-refractivity contribution in [1.82, 2.24) is 0 Å². The average molecular weight is 361 g/mol. The Morgan fingerprint density at radius 3 is 2.35 bits per heavy atom. The summed E-state index contributed by atoms with van der Waals surface area (Å²) >= 11 is 0. The van der Waals surface area contributed by atoms with E-state index in [9.17, 15) is 19.1 Å². The molecule has 0 aliphatic rings. The molecule has 2 N–H and O–H groups in total. The Morgan fingerprint density at radius 2 is 1.81 bits per heavy atom. The van der Waals surface area contributed by atoms with Gasteiger partial charge in [-0.25, -0.2) is 9.18 Å². The molecule has 0 saturated carbocycles. The molecular weight excluding hydrogens is 341 g/mol. The molecule has 0 saturated heterocycles. The molecule has 0 fully saturated rings. The fourth-order valence-corrected chi connectivity index (χ4v) is 2.57. The minimum atomic E-state index is -1.15. The van der Waals surface area contributed by atoms with Gasteiger partial charge >= 0.3 is 5.97 Å². The lowest BCUT2D eigenvalue weighted by Crippen LogP contribution is -2.16. The lowest BCUT2D eigenvalue weighted by Gasteiger charge is -2.16. The Hall–Kier alpha value is -3.09. The Bertz CT molecular complexity index is 804. The van der Waals surface area contributed by atoms with Gasteiger partial charge in [0.15, 0.2) is 11.5 Å². The van der Waals surface area contributed by atoms with E-state index in [-0.39, 0.29) is 46.8 Å². The molecule has 2 rings (SSSR count). The molecule has 1 atom stereocenters. The summed E-state index contributed by atoms with van der Waals surface area (Å²) in [6.07, 6.45) is 0.133. The predicted octanol–water partition coefficient (Wildman–Crippen LogP) is 3.67. The zero-order valence-corrected chi connectivity index (χ0v) is 14.7. The van der Waals surface area contributed by atoms with Crippen LogP contribution < -0.4 is 14.8 Å². The average Bonchev–Trinajstić information content (AvgIpc) is 2.61. The van der Waals surface area contributed by atoms with Crippen molar-refractivity contribution >= 4 is 17.6 Å². The molecule has 0 aliphatic carbocycles. The van der Waals surface area contributed by atoms with Crippen LogP contribution in [0.2, 0.25) is 0 Å². The molecule has 26 heavy (non-hydrogen) atoms. The van der Waals surface area contributed by atoms with Gasteiger partial charge < -0.3 is 19.9 Å². The number of aromatic carboxylic acids is 1. The van der Waals surface area contributed by atoms with Crippen LogP contribution in [0.4, 0.5) is 10.1 Å². The molecule has 0 aromatic heterocycles. The molecule has 138 valence electrons. The van der Waals surface area contributed by atoms with E-state index in [1.807, 2.05) is 6.92 Å². The van der Waals surface area contributed by atoms with Crippen LogP contribution in [-0.4, -0.2) is 31.2 Å². The van der Waals surface area contributed by atoms with Gasteiger partial charge in [0, 0.05) is 6.42 Å². The molecule has 0 bridgehead atoms. The number of carbonyl (C=O) groups excluding carboxylic acids is 1. The second kappa shape index (κ2) is 8.33. The minimum absolute atomic E-state index is 0.0375. The molecule has 7 heteroatoms. The van der Waals surface area contributed by atoms with E-state index in [4.69, 9.17) is 9.47 Å². The monoisotopic (exact) mass is 361 g/mol. The number of benzene rings is 2. The first-order valence-electron chi connectivity index (χ1n) is 7.90. The zero-order chi connectivity index (χ0) is 19.3. The first-order chi connectivity index (χ1) is 12.3. The van der Waals surface area contributed by atoms with Crippen molar-refractivity contribution in [3.05, 3.63) is 53.3 Å². The van der Waals surface area contributed by atoms with Gasteiger partial charge in [0.2, 0.25) is 5.91 Å². The largest absolute Gasteiger partial charge is 0.493 e. The van der Waals surface area contributed by atoms with E-state index in [0.29, 0.717) is 0 Å². The molecule has 2 aromatic carbocycles. The van der Waals surface area contributed by atoms with E-state index in [1.165, 1.54) is 38.5 Å². The molecule has 0 radical (unpaired) electrons. The Kier molecular flexibility index (Phi) is 6.16. The van der Waals surface area contributed by atoms with Crippen LogP contribution in [0.15, 0.2) is 36.4 Å². The SMILES string of the molecule is COc1cc(C(=O)O)cc(NC(=O)CC(C)c2ccc(F)cc2)c1OC. The quantitative estimate of drug-likeness (QED) is 0.786. The summed E-state index contributed by atoms with van der Waals surface area (Å²) in [6.45, 7) is 1.85. The van der Waals surface area contributed by atoms with Crippen LogP contribution in [-0.2, 0) is 4.79 Å². The summed E-state index contributed by atoms with van der Waals surface area (Å²) in [4.78, 5) is 23.6. The first kappa shape index (κ1) is 19.2. The molecule has 0 aliphatic heterocycles. The number of carbonyl (C=O) groups is 2. The molecule has 1 amide bonds. The zero-order valence-electron chi connectivity index (χ0n) is 14.7. The van der Waals surface area contributed by atoms with Crippen molar-refractivity contribution in [2.24, 2.45) is 0 Å². The molecule has 2 aromatic rings. The summed E-state index contributed by atoms with van der Waals surface area (Å²) in [6, 6.07) is 8.56. The third kappa shape index (κ3) is 4.50. The van der Waals surface area contributed by atoms with Crippen LogP contribution in [0, 0.1) is 5.82 Å². The third-order valence-corrected chi connectivity index (χ3v) is 3.93.